The van der Waals surface area contributed by atoms with Crippen LogP contribution in [0.15, 0.2) is 40.8 Å². The van der Waals surface area contributed by atoms with Gasteiger partial charge in [-0.05, 0) is 43.5 Å². The Morgan fingerprint density at radius 3 is 2.39 bits per heavy atom. The van der Waals surface area contributed by atoms with Crippen LogP contribution in [0.5, 0.6) is 0 Å². The zero-order chi connectivity index (χ0) is 16.8. The molecule has 5 heteroatoms. The molecule has 0 radical (unpaired) electrons. The molecule has 23 heavy (non-hydrogen) atoms. The van der Waals surface area contributed by atoms with E-state index in [1.807, 2.05) is 24.3 Å². The Labute approximate surface area is 135 Å². The van der Waals surface area contributed by atoms with Gasteiger partial charge in [0.25, 0.3) is 11.8 Å². The predicted octanol–water partition coefficient (Wildman–Crippen LogP) is 2.93. The zero-order valence-corrected chi connectivity index (χ0v) is 13.5. The molecular formula is C18H20N2O3. The second kappa shape index (κ2) is 7.45. The molecule has 120 valence electrons. The smallest absolute Gasteiger partial charge is 0.273 e. The van der Waals surface area contributed by atoms with Crippen molar-refractivity contribution < 1.29 is 14.0 Å². The van der Waals surface area contributed by atoms with Gasteiger partial charge in [0.05, 0.1) is 5.56 Å². The van der Waals surface area contributed by atoms with Crippen molar-refractivity contribution in [1.29, 1.82) is 0 Å². The lowest BCUT2D eigenvalue weighted by molar-refractivity contribution is -0.117. The molecule has 5 nitrogen and oxygen atoms in total. The number of benzene rings is 1. The van der Waals surface area contributed by atoms with Crippen LogP contribution < -0.4 is 10.9 Å². The number of carbonyl (C=O) groups is 2. The fraction of sp³-hybridized carbons (Fsp3) is 0.222. The summed E-state index contributed by atoms with van der Waals surface area (Å²) in [6.45, 7) is 5.54. The third-order valence-electron chi connectivity index (χ3n) is 3.40. The van der Waals surface area contributed by atoms with Gasteiger partial charge in [0.2, 0.25) is 0 Å². The highest BCUT2D eigenvalue weighted by Crippen LogP contribution is 2.12. The third kappa shape index (κ3) is 4.57. The van der Waals surface area contributed by atoms with E-state index in [0.717, 1.165) is 12.0 Å². The van der Waals surface area contributed by atoms with Crippen LogP contribution in [0.3, 0.4) is 0 Å². The average molecular weight is 312 g/mol. The van der Waals surface area contributed by atoms with Gasteiger partial charge in [-0.25, -0.2) is 0 Å². The standard InChI is InChI=1S/C18H20N2O3/c1-4-14-5-7-15(8-6-14)9-10-17(21)19-20-18(22)16-11-12(2)23-13(16)3/h5-11H,4H2,1-3H3,(H,19,21)(H,20,22)/b10-9+. The summed E-state index contributed by atoms with van der Waals surface area (Å²) in [5.74, 6) is 0.347. The van der Waals surface area contributed by atoms with Crippen LogP contribution in [-0.2, 0) is 11.2 Å². The largest absolute Gasteiger partial charge is 0.466 e. The van der Waals surface area contributed by atoms with Crippen molar-refractivity contribution in [1.82, 2.24) is 10.9 Å². The van der Waals surface area contributed by atoms with E-state index in [1.165, 1.54) is 11.6 Å². The zero-order valence-electron chi connectivity index (χ0n) is 13.5. The first kappa shape index (κ1) is 16.5. The van der Waals surface area contributed by atoms with Gasteiger partial charge in [0.15, 0.2) is 0 Å². The third-order valence-corrected chi connectivity index (χ3v) is 3.40. The SMILES string of the molecule is CCc1ccc(/C=C/C(=O)NNC(=O)c2cc(C)oc2C)cc1. The van der Waals surface area contributed by atoms with Crippen LogP contribution in [0.2, 0.25) is 0 Å². The second-order valence-electron chi connectivity index (χ2n) is 5.20. The maximum absolute atomic E-state index is 11.9. The van der Waals surface area contributed by atoms with Crippen molar-refractivity contribution in [2.75, 3.05) is 0 Å². The molecule has 0 aliphatic heterocycles. The van der Waals surface area contributed by atoms with Crippen molar-refractivity contribution in [3.63, 3.8) is 0 Å². The van der Waals surface area contributed by atoms with E-state index in [4.69, 9.17) is 4.42 Å². The van der Waals surface area contributed by atoms with Crippen LogP contribution in [0.25, 0.3) is 6.08 Å². The fourth-order valence-electron chi connectivity index (χ4n) is 2.12. The molecule has 0 saturated heterocycles. The van der Waals surface area contributed by atoms with E-state index in [9.17, 15) is 9.59 Å². The van der Waals surface area contributed by atoms with Gasteiger partial charge in [-0.15, -0.1) is 0 Å². The number of hydrazine groups is 1. The number of rotatable bonds is 4. The first-order valence-corrected chi connectivity index (χ1v) is 7.44. The Kier molecular flexibility index (Phi) is 5.36. The maximum atomic E-state index is 11.9. The normalized spacial score (nSPS) is 10.7. The second-order valence-corrected chi connectivity index (χ2v) is 5.20. The molecule has 0 fully saturated rings. The number of hydrogen-bond acceptors (Lipinski definition) is 3. The van der Waals surface area contributed by atoms with Crippen molar-refractivity contribution in [3.05, 3.63) is 64.6 Å². The summed E-state index contributed by atoms with van der Waals surface area (Å²) in [4.78, 5) is 23.6. The van der Waals surface area contributed by atoms with E-state index in [0.29, 0.717) is 17.1 Å². The molecule has 0 spiro atoms. The molecule has 2 rings (SSSR count). The number of carbonyl (C=O) groups excluding carboxylic acids is 2. The highest BCUT2D eigenvalue weighted by molar-refractivity contribution is 5.98. The Morgan fingerprint density at radius 2 is 1.83 bits per heavy atom. The van der Waals surface area contributed by atoms with Gasteiger partial charge >= 0.3 is 0 Å². The summed E-state index contributed by atoms with van der Waals surface area (Å²) in [6, 6.07) is 9.55. The summed E-state index contributed by atoms with van der Waals surface area (Å²) in [6.07, 6.45) is 4.03. The lowest BCUT2D eigenvalue weighted by Crippen LogP contribution is -2.40. The first-order valence-electron chi connectivity index (χ1n) is 7.44. The minimum atomic E-state index is -0.409. The predicted molar refractivity (Wildman–Crippen MR) is 88.6 cm³/mol. The number of aryl methyl sites for hydroxylation is 3. The monoisotopic (exact) mass is 312 g/mol. The number of hydrogen-bond donors (Lipinski definition) is 2. The molecular weight excluding hydrogens is 292 g/mol. The summed E-state index contributed by atoms with van der Waals surface area (Å²) >= 11 is 0. The van der Waals surface area contributed by atoms with Crippen molar-refractivity contribution in [3.8, 4) is 0 Å². The van der Waals surface area contributed by atoms with Gasteiger partial charge < -0.3 is 4.42 Å². The van der Waals surface area contributed by atoms with Gasteiger partial charge in [-0.3, -0.25) is 20.4 Å². The van der Waals surface area contributed by atoms with E-state index >= 15 is 0 Å². The molecule has 0 aliphatic rings. The number of amides is 2. The molecule has 1 aromatic heterocycles. The molecule has 1 heterocycles. The minimum absolute atomic E-state index is 0.405. The Bertz CT molecular complexity index is 727. The van der Waals surface area contributed by atoms with E-state index < -0.39 is 11.8 Å². The number of nitrogens with one attached hydrogen (secondary N) is 2. The Morgan fingerprint density at radius 1 is 1.13 bits per heavy atom. The highest BCUT2D eigenvalue weighted by Gasteiger charge is 2.13. The van der Waals surface area contributed by atoms with Crippen LogP contribution in [0, 0.1) is 13.8 Å². The van der Waals surface area contributed by atoms with Gasteiger partial charge in [0.1, 0.15) is 11.5 Å². The van der Waals surface area contributed by atoms with Crippen LogP contribution in [0.4, 0.5) is 0 Å². The van der Waals surface area contributed by atoms with Crippen molar-refractivity contribution in [2.45, 2.75) is 27.2 Å². The van der Waals surface area contributed by atoms with E-state index in [1.54, 1.807) is 26.0 Å². The summed E-state index contributed by atoms with van der Waals surface area (Å²) < 4.78 is 5.28. The minimum Gasteiger partial charge on any atom is -0.466 e. The summed E-state index contributed by atoms with van der Waals surface area (Å²) in [7, 11) is 0. The molecule has 0 unspecified atom stereocenters. The molecule has 2 N–H and O–H groups in total. The van der Waals surface area contributed by atoms with Gasteiger partial charge in [-0.2, -0.15) is 0 Å². The van der Waals surface area contributed by atoms with E-state index in [-0.39, 0.29) is 0 Å². The topological polar surface area (TPSA) is 71.3 Å². The van der Waals surface area contributed by atoms with Gasteiger partial charge in [0, 0.05) is 6.08 Å². The quantitative estimate of drug-likeness (QED) is 0.673. The van der Waals surface area contributed by atoms with Crippen molar-refractivity contribution in [2.24, 2.45) is 0 Å². The lowest BCUT2D eigenvalue weighted by atomic mass is 10.1. The first-order chi connectivity index (χ1) is 11.0. The lowest BCUT2D eigenvalue weighted by Gasteiger charge is -2.04. The molecule has 0 bridgehead atoms. The highest BCUT2D eigenvalue weighted by atomic mass is 16.3. The average Bonchev–Trinajstić information content (AvgIpc) is 2.89. The summed E-state index contributed by atoms with van der Waals surface area (Å²) in [5, 5.41) is 0. The van der Waals surface area contributed by atoms with Crippen LogP contribution in [-0.4, -0.2) is 11.8 Å². The maximum Gasteiger partial charge on any atom is 0.273 e. The molecule has 2 aromatic rings. The van der Waals surface area contributed by atoms with Crippen molar-refractivity contribution >= 4 is 17.9 Å². The molecule has 1 aromatic carbocycles. The van der Waals surface area contributed by atoms with Crippen LogP contribution in [0.1, 0.15) is 39.9 Å². The Hall–Kier alpha value is -2.82. The Balaban J connectivity index is 1.88. The molecule has 0 saturated carbocycles. The molecule has 0 atom stereocenters. The molecule has 2 amide bonds. The number of furan rings is 1. The van der Waals surface area contributed by atoms with E-state index in [2.05, 4.69) is 17.8 Å². The van der Waals surface area contributed by atoms with Gasteiger partial charge in [-0.1, -0.05) is 31.2 Å². The summed E-state index contributed by atoms with van der Waals surface area (Å²) in [5.41, 5.74) is 7.27. The molecule has 0 aliphatic carbocycles. The fourth-order valence-corrected chi connectivity index (χ4v) is 2.12. The van der Waals surface area contributed by atoms with Crippen LogP contribution >= 0.6 is 0 Å².